The number of amides is 1. The number of methoxy groups -OCH3 is 2. The molecule has 0 fully saturated rings. The summed E-state index contributed by atoms with van der Waals surface area (Å²) < 4.78 is 15.6. The van der Waals surface area contributed by atoms with Crippen LogP contribution in [0.15, 0.2) is 6.07 Å². The van der Waals surface area contributed by atoms with Gasteiger partial charge in [0.25, 0.3) is 0 Å². The van der Waals surface area contributed by atoms with Gasteiger partial charge in [-0.15, -0.1) is 0 Å². The van der Waals surface area contributed by atoms with Gasteiger partial charge in [0.2, 0.25) is 5.88 Å². The van der Waals surface area contributed by atoms with Gasteiger partial charge in [0.15, 0.2) is 0 Å². The first-order chi connectivity index (χ1) is 10.2. The van der Waals surface area contributed by atoms with Crippen molar-refractivity contribution in [1.82, 2.24) is 10.3 Å². The predicted octanol–water partition coefficient (Wildman–Crippen LogP) is 3.21. The van der Waals surface area contributed by atoms with Crippen LogP contribution in [-0.4, -0.2) is 36.9 Å². The summed E-state index contributed by atoms with van der Waals surface area (Å²) >= 11 is 6.02. The number of carbonyl (C=O) groups is 1. The molecule has 0 aliphatic heterocycles. The maximum absolute atomic E-state index is 11.8. The topological polar surface area (TPSA) is 69.7 Å². The van der Waals surface area contributed by atoms with Crippen molar-refractivity contribution in [3.63, 3.8) is 0 Å². The van der Waals surface area contributed by atoms with Crippen LogP contribution in [0.4, 0.5) is 4.79 Å². The van der Waals surface area contributed by atoms with E-state index in [1.807, 2.05) is 27.7 Å². The molecule has 0 aromatic carbocycles. The van der Waals surface area contributed by atoms with Gasteiger partial charge in [0.05, 0.1) is 19.9 Å². The van der Waals surface area contributed by atoms with Crippen LogP contribution >= 0.6 is 11.6 Å². The number of nitrogens with zero attached hydrogens (tertiary/aromatic N) is 1. The van der Waals surface area contributed by atoms with Crippen molar-refractivity contribution < 1.29 is 19.0 Å². The number of aromatic nitrogens is 1. The molecule has 1 amide bonds. The van der Waals surface area contributed by atoms with Gasteiger partial charge in [0.1, 0.15) is 16.4 Å². The van der Waals surface area contributed by atoms with Gasteiger partial charge in [-0.25, -0.2) is 9.78 Å². The molecule has 6 nitrogen and oxygen atoms in total. The summed E-state index contributed by atoms with van der Waals surface area (Å²) in [5.41, 5.74) is 0.107. The third kappa shape index (κ3) is 5.60. The van der Waals surface area contributed by atoms with Crippen molar-refractivity contribution in [1.29, 1.82) is 0 Å². The Balaban J connectivity index is 2.79. The maximum atomic E-state index is 11.8. The van der Waals surface area contributed by atoms with Crippen molar-refractivity contribution in [2.45, 2.75) is 45.8 Å². The highest BCUT2D eigenvalue weighted by atomic mass is 35.5. The fourth-order valence-corrected chi connectivity index (χ4v) is 2.03. The van der Waals surface area contributed by atoms with Crippen molar-refractivity contribution in [2.75, 3.05) is 14.2 Å². The number of nitrogens with one attached hydrogen (secondary N) is 1. The van der Waals surface area contributed by atoms with Crippen LogP contribution in [-0.2, 0) is 11.2 Å². The van der Waals surface area contributed by atoms with E-state index in [-0.39, 0.29) is 6.04 Å². The molecular formula is C15H23ClN2O4. The van der Waals surface area contributed by atoms with E-state index < -0.39 is 11.7 Å². The van der Waals surface area contributed by atoms with E-state index in [2.05, 4.69) is 10.3 Å². The molecule has 0 saturated heterocycles. The third-order valence-corrected chi connectivity index (χ3v) is 2.93. The predicted molar refractivity (Wildman–Crippen MR) is 84.9 cm³/mol. The first-order valence-corrected chi connectivity index (χ1v) is 7.31. The monoisotopic (exact) mass is 330 g/mol. The number of ether oxygens (including phenoxy) is 3. The highest BCUT2D eigenvalue weighted by Gasteiger charge is 2.20. The smallest absolute Gasteiger partial charge is 0.407 e. The molecule has 0 bridgehead atoms. The number of rotatable bonds is 5. The van der Waals surface area contributed by atoms with Gasteiger partial charge >= 0.3 is 6.09 Å². The van der Waals surface area contributed by atoms with E-state index in [0.29, 0.717) is 28.8 Å². The van der Waals surface area contributed by atoms with Gasteiger partial charge in [-0.1, -0.05) is 11.6 Å². The number of carbonyl (C=O) groups excluding carboxylic acids is 1. The molecule has 1 heterocycles. The van der Waals surface area contributed by atoms with Crippen molar-refractivity contribution in [2.24, 2.45) is 0 Å². The Morgan fingerprint density at radius 3 is 2.50 bits per heavy atom. The van der Waals surface area contributed by atoms with Gasteiger partial charge in [0, 0.05) is 18.5 Å². The molecule has 1 N–H and O–H groups in total. The second kappa shape index (κ2) is 7.54. The molecule has 1 atom stereocenters. The largest absolute Gasteiger partial charge is 0.495 e. The molecule has 1 aromatic heterocycles. The highest BCUT2D eigenvalue weighted by molar-refractivity contribution is 6.32. The minimum absolute atomic E-state index is 0.192. The summed E-state index contributed by atoms with van der Waals surface area (Å²) in [4.78, 5) is 16.1. The standard InChI is InChI=1S/C15H23ClN2O4/c1-9(17-14(19)22-15(2,3)4)7-11-12(20-5)8-10(16)13(18-11)21-6/h8-9H,7H2,1-6H3,(H,17,19). The maximum Gasteiger partial charge on any atom is 0.407 e. The molecule has 0 radical (unpaired) electrons. The van der Waals surface area contributed by atoms with E-state index in [1.165, 1.54) is 14.2 Å². The average Bonchev–Trinajstić information content (AvgIpc) is 2.37. The van der Waals surface area contributed by atoms with Crippen LogP contribution in [0, 0.1) is 0 Å². The summed E-state index contributed by atoms with van der Waals surface area (Å²) in [6, 6.07) is 1.45. The lowest BCUT2D eigenvalue weighted by molar-refractivity contribution is 0.0508. The first kappa shape index (κ1) is 18.4. The SMILES string of the molecule is COc1cc(Cl)c(OC)nc1CC(C)NC(=O)OC(C)(C)C. The van der Waals surface area contributed by atoms with E-state index >= 15 is 0 Å². The molecule has 1 aromatic rings. The Bertz CT molecular complexity index is 529. The average molecular weight is 331 g/mol. The quantitative estimate of drug-likeness (QED) is 0.897. The van der Waals surface area contributed by atoms with E-state index in [1.54, 1.807) is 6.07 Å². The second-order valence-electron chi connectivity index (χ2n) is 5.88. The summed E-state index contributed by atoms with van der Waals surface area (Å²) in [6.07, 6.45) is -0.0180. The van der Waals surface area contributed by atoms with Crippen LogP contribution in [0.25, 0.3) is 0 Å². The minimum Gasteiger partial charge on any atom is -0.495 e. The minimum atomic E-state index is -0.538. The molecule has 0 saturated carbocycles. The normalized spacial score (nSPS) is 12.5. The van der Waals surface area contributed by atoms with Crippen molar-refractivity contribution in [3.8, 4) is 11.6 Å². The van der Waals surface area contributed by atoms with E-state index in [9.17, 15) is 4.79 Å². The zero-order valence-corrected chi connectivity index (χ0v) is 14.6. The van der Waals surface area contributed by atoms with Gasteiger partial charge < -0.3 is 19.5 Å². The number of alkyl carbamates (subject to hydrolysis) is 1. The molecule has 0 aliphatic carbocycles. The summed E-state index contributed by atoms with van der Waals surface area (Å²) in [5.74, 6) is 0.866. The van der Waals surface area contributed by atoms with Crippen LogP contribution in [0.5, 0.6) is 11.6 Å². The molecule has 7 heteroatoms. The van der Waals surface area contributed by atoms with Crippen LogP contribution in [0.1, 0.15) is 33.4 Å². The van der Waals surface area contributed by atoms with Gasteiger partial charge in [-0.2, -0.15) is 0 Å². The van der Waals surface area contributed by atoms with Crippen LogP contribution in [0.3, 0.4) is 0 Å². The number of halogens is 1. The van der Waals surface area contributed by atoms with Crippen LogP contribution in [0.2, 0.25) is 5.02 Å². The summed E-state index contributed by atoms with van der Waals surface area (Å²) in [7, 11) is 3.03. The highest BCUT2D eigenvalue weighted by Crippen LogP contribution is 2.29. The van der Waals surface area contributed by atoms with E-state index in [0.717, 1.165) is 0 Å². The molecule has 1 rings (SSSR count). The second-order valence-corrected chi connectivity index (χ2v) is 6.29. The summed E-state index contributed by atoms with van der Waals surface area (Å²) in [6.45, 7) is 7.29. The van der Waals surface area contributed by atoms with Crippen molar-refractivity contribution >= 4 is 17.7 Å². The zero-order chi connectivity index (χ0) is 16.9. The lowest BCUT2D eigenvalue weighted by Gasteiger charge is -2.22. The Hall–Kier alpha value is -1.69. The Kier molecular flexibility index (Phi) is 6.29. The molecule has 0 aliphatic rings. The molecule has 124 valence electrons. The number of hydrogen-bond donors (Lipinski definition) is 1. The zero-order valence-electron chi connectivity index (χ0n) is 13.8. The third-order valence-electron chi connectivity index (χ3n) is 2.66. The molecule has 22 heavy (non-hydrogen) atoms. The molecule has 1 unspecified atom stereocenters. The van der Waals surface area contributed by atoms with Gasteiger partial charge in [-0.05, 0) is 27.7 Å². The van der Waals surface area contributed by atoms with Crippen LogP contribution < -0.4 is 14.8 Å². The molecule has 0 spiro atoms. The fraction of sp³-hybridized carbons (Fsp3) is 0.600. The first-order valence-electron chi connectivity index (χ1n) is 6.93. The van der Waals surface area contributed by atoms with Gasteiger partial charge in [-0.3, -0.25) is 0 Å². The molecular weight excluding hydrogens is 308 g/mol. The number of pyridine rings is 1. The Morgan fingerprint density at radius 2 is 2.00 bits per heavy atom. The Labute approximate surface area is 136 Å². The lowest BCUT2D eigenvalue weighted by Crippen LogP contribution is -2.38. The number of hydrogen-bond acceptors (Lipinski definition) is 5. The summed E-state index contributed by atoms with van der Waals surface area (Å²) in [5, 5.41) is 3.13. The fourth-order valence-electron chi connectivity index (χ4n) is 1.81. The van der Waals surface area contributed by atoms with Crippen molar-refractivity contribution in [3.05, 3.63) is 16.8 Å². The Morgan fingerprint density at radius 1 is 1.36 bits per heavy atom. The van der Waals surface area contributed by atoms with E-state index in [4.69, 9.17) is 25.8 Å². The lowest BCUT2D eigenvalue weighted by atomic mass is 10.1.